The van der Waals surface area contributed by atoms with Gasteiger partial charge in [-0.05, 0) is 51.5 Å². The van der Waals surface area contributed by atoms with Crippen molar-refractivity contribution in [2.75, 3.05) is 10.2 Å². The molecule has 24 heavy (non-hydrogen) atoms. The molecule has 1 aromatic carbocycles. The third-order valence-corrected chi connectivity index (χ3v) is 3.98. The van der Waals surface area contributed by atoms with Gasteiger partial charge >= 0.3 is 0 Å². The first-order valence-electron chi connectivity index (χ1n) is 8.39. The van der Waals surface area contributed by atoms with Gasteiger partial charge < -0.3 is 10.2 Å². The van der Waals surface area contributed by atoms with Crippen LogP contribution in [0.4, 0.5) is 20.2 Å². The van der Waals surface area contributed by atoms with Crippen molar-refractivity contribution in [1.82, 2.24) is 4.98 Å². The Morgan fingerprint density at radius 3 is 2.42 bits per heavy atom. The number of rotatable bonds is 2. The predicted octanol–water partition coefficient (Wildman–Crippen LogP) is 5.35. The molecule has 1 atom stereocenters. The van der Waals surface area contributed by atoms with Gasteiger partial charge in [-0.3, -0.25) is 4.98 Å². The van der Waals surface area contributed by atoms with Crippen molar-refractivity contribution >= 4 is 11.4 Å². The molecule has 0 saturated carbocycles. The molecule has 0 bridgehead atoms. The quantitative estimate of drug-likeness (QED) is 0.803. The number of halogens is 2. The molecule has 2 aromatic rings. The second kappa shape index (κ2) is 7.16. The summed E-state index contributed by atoms with van der Waals surface area (Å²) in [5.41, 5.74) is 2.85. The van der Waals surface area contributed by atoms with Crippen molar-refractivity contribution in [2.45, 2.75) is 53.8 Å². The first-order valence-corrected chi connectivity index (χ1v) is 8.39. The lowest BCUT2D eigenvalue weighted by molar-refractivity contribution is 0.621. The van der Waals surface area contributed by atoms with Crippen molar-refractivity contribution in [3.8, 4) is 11.1 Å². The number of anilines is 2. The second-order valence-electron chi connectivity index (χ2n) is 5.98. The molecule has 1 aliphatic rings. The van der Waals surface area contributed by atoms with Gasteiger partial charge in [-0.2, -0.15) is 0 Å². The maximum absolute atomic E-state index is 14.5. The Morgan fingerprint density at radius 2 is 1.79 bits per heavy atom. The minimum Gasteiger partial charge on any atom is -0.361 e. The van der Waals surface area contributed by atoms with Gasteiger partial charge in [0.15, 0.2) is 0 Å². The maximum atomic E-state index is 14.5. The van der Waals surface area contributed by atoms with Crippen molar-refractivity contribution in [1.29, 1.82) is 0 Å². The van der Waals surface area contributed by atoms with Crippen LogP contribution in [-0.2, 0) is 0 Å². The smallest absolute Gasteiger partial charge is 0.149 e. The van der Waals surface area contributed by atoms with Crippen LogP contribution in [0.3, 0.4) is 0 Å². The molecule has 0 saturated heterocycles. The van der Waals surface area contributed by atoms with Gasteiger partial charge in [-0.1, -0.05) is 13.8 Å². The SMILES string of the molecule is CC.Cc1cc(-c2cc(F)c3c(c2)N(C(C)C)C(C)N3)c(F)cn1. The Bertz CT molecular complexity index is 729. The number of hydrogen-bond acceptors (Lipinski definition) is 3. The van der Waals surface area contributed by atoms with E-state index < -0.39 is 5.82 Å². The summed E-state index contributed by atoms with van der Waals surface area (Å²) in [6, 6.07) is 5.07. The van der Waals surface area contributed by atoms with Crippen molar-refractivity contribution in [3.05, 3.63) is 41.7 Å². The molecule has 2 heterocycles. The van der Waals surface area contributed by atoms with Gasteiger partial charge in [0.1, 0.15) is 11.6 Å². The van der Waals surface area contributed by atoms with E-state index in [9.17, 15) is 8.78 Å². The van der Waals surface area contributed by atoms with Gasteiger partial charge in [0.25, 0.3) is 0 Å². The Balaban J connectivity index is 0.00000100. The molecule has 3 nitrogen and oxygen atoms in total. The number of aromatic nitrogens is 1. The highest BCUT2D eigenvalue weighted by Gasteiger charge is 2.30. The van der Waals surface area contributed by atoms with Crippen LogP contribution in [0, 0.1) is 18.6 Å². The highest BCUT2D eigenvalue weighted by molar-refractivity contribution is 5.83. The van der Waals surface area contributed by atoms with Crippen LogP contribution in [0.25, 0.3) is 11.1 Å². The molecule has 130 valence electrons. The van der Waals surface area contributed by atoms with E-state index >= 15 is 0 Å². The average Bonchev–Trinajstić information content (AvgIpc) is 2.88. The van der Waals surface area contributed by atoms with E-state index in [-0.39, 0.29) is 18.0 Å². The van der Waals surface area contributed by atoms with Crippen LogP contribution in [0.2, 0.25) is 0 Å². The fourth-order valence-corrected chi connectivity index (χ4v) is 3.07. The molecule has 0 amide bonds. The third kappa shape index (κ3) is 3.21. The molecule has 0 fully saturated rings. The van der Waals surface area contributed by atoms with Crippen molar-refractivity contribution < 1.29 is 8.78 Å². The summed E-state index contributed by atoms with van der Waals surface area (Å²) >= 11 is 0. The minimum atomic E-state index is -0.444. The molecule has 1 N–H and O–H groups in total. The van der Waals surface area contributed by atoms with Gasteiger partial charge in [0, 0.05) is 17.3 Å². The zero-order chi connectivity index (χ0) is 18.0. The lowest BCUT2D eigenvalue weighted by Crippen LogP contribution is -2.38. The van der Waals surface area contributed by atoms with Crippen LogP contribution in [0.1, 0.15) is 40.3 Å². The minimum absolute atomic E-state index is 0.00349. The second-order valence-corrected chi connectivity index (χ2v) is 5.98. The van der Waals surface area contributed by atoms with Gasteiger partial charge in [-0.15, -0.1) is 0 Å². The fraction of sp³-hybridized carbons (Fsp3) is 0.421. The normalized spacial score (nSPS) is 15.7. The zero-order valence-electron chi connectivity index (χ0n) is 15.1. The summed E-state index contributed by atoms with van der Waals surface area (Å²) in [5, 5.41) is 3.15. The first-order chi connectivity index (χ1) is 11.4. The Morgan fingerprint density at radius 1 is 1.12 bits per heavy atom. The molecule has 1 aliphatic heterocycles. The molecular weight excluding hydrogens is 308 g/mol. The topological polar surface area (TPSA) is 28.2 Å². The molecule has 0 aliphatic carbocycles. The monoisotopic (exact) mass is 333 g/mol. The number of aryl methyl sites for hydroxylation is 1. The van der Waals surface area contributed by atoms with E-state index in [2.05, 4.69) is 29.0 Å². The molecule has 1 unspecified atom stereocenters. The number of hydrogen-bond donors (Lipinski definition) is 1. The third-order valence-electron chi connectivity index (χ3n) is 3.98. The van der Waals surface area contributed by atoms with E-state index in [1.165, 1.54) is 12.3 Å². The molecule has 0 spiro atoms. The average molecular weight is 333 g/mol. The number of benzene rings is 1. The molecule has 0 radical (unpaired) electrons. The highest BCUT2D eigenvalue weighted by Crippen LogP contribution is 2.41. The summed E-state index contributed by atoms with van der Waals surface area (Å²) < 4.78 is 28.5. The fourth-order valence-electron chi connectivity index (χ4n) is 3.07. The number of fused-ring (bicyclic) bond motifs is 1. The van der Waals surface area contributed by atoms with E-state index in [0.717, 1.165) is 5.69 Å². The standard InChI is InChI=1S/C17H19F2N3.C2H6/c1-9(2)22-11(4)21-17-14(18)6-12(7-16(17)22)13-5-10(3)20-8-15(13)19;1-2/h5-9,11,21H,1-4H3;1-2H3. The molecule has 5 heteroatoms. The van der Waals surface area contributed by atoms with Crippen LogP contribution in [-0.4, -0.2) is 17.2 Å². The van der Waals surface area contributed by atoms with E-state index in [0.29, 0.717) is 22.5 Å². The van der Waals surface area contributed by atoms with Crippen LogP contribution in [0.5, 0.6) is 0 Å². The zero-order valence-corrected chi connectivity index (χ0v) is 15.1. The van der Waals surface area contributed by atoms with E-state index in [4.69, 9.17) is 0 Å². The summed E-state index contributed by atoms with van der Waals surface area (Å²) in [6.45, 7) is 11.9. The summed E-state index contributed by atoms with van der Waals surface area (Å²) in [4.78, 5) is 6.01. The number of pyridine rings is 1. The Kier molecular flexibility index (Phi) is 5.42. The van der Waals surface area contributed by atoms with Crippen LogP contribution in [0.15, 0.2) is 24.4 Å². The lowest BCUT2D eigenvalue weighted by Gasteiger charge is -2.28. The van der Waals surface area contributed by atoms with Crippen molar-refractivity contribution in [3.63, 3.8) is 0 Å². The van der Waals surface area contributed by atoms with Crippen LogP contribution >= 0.6 is 0 Å². The summed E-state index contributed by atoms with van der Waals surface area (Å²) in [5.74, 6) is -0.809. The lowest BCUT2D eigenvalue weighted by atomic mass is 10.0. The molecular formula is C19H25F2N3. The van der Waals surface area contributed by atoms with Gasteiger partial charge in [0.2, 0.25) is 0 Å². The molecule has 3 rings (SSSR count). The van der Waals surface area contributed by atoms with Crippen LogP contribution < -0.4 is 10.2 Å². The Hall–Kier alpha value is -2.17. The van der Waals surface area contributed by atoms with E-state index in [1.807, 2.05) is 26.8 Å². The largest absolute Gasteiger partial charge is 0.361 e. The predicted molar refractivity (Wildman–Crippen MR) is 96.4 cm³/mol. The Labute approximate surface area is 142 Å². The first kappa shape index (κ1) is 18.2. The van der Waals surface area contributed by atoms with Crippen molar-refractivity contribution in [2.24, 2.45) is 0 Å². The van der Waals surface area contributed by atoms with E-state index in [1.54, 1.807) is 13.0 Å². The summed E-state index contributed by atoms with van der Waals surface area (Å²) in [6.07, 6.45) is 1.18. The maximum Gasteiger partial charge on any atom is 0.149 e. The van der Waals surface area contributed by atoms with Gasteiger partial charge in [0.05, 0.1) is 23.7 Å². The number of nitrogens with zero attached hydrogens (tertiary/aromatic N) is 2. The number of nitrogens with one attached hydrogen (secondary N) is 1. The summed E-state index contributed by atoms with van der Waals surface area (Å²) in [7, 11) is 0. The molecule has 1 aromatic heterocycles. The highest BCUT2D eigenvalue weighted by atomic mass is 19.1. The van der Waals surface area contributed by atoms with Gasteiger partial charge in [-0.25, -0.2) is 8.78 Å².